The minimum Gasteiger partial charge on any atom is -0.456 e. The second kappa shape index (κ2) is 6.02. The third-order valence-corrected chi connectivity index (χ3v) is 4.51. The summed E-state index contributed by atoms with van der Waals surface area (Å²) in [5, 5.41) is 10.7. The molecule has 0 aliphatic carbocycles. The third kappa shape index (κ3) is 3.14. The maximum absolute atomic E-state index is 11.0. The van der Waals surface area contributed by atoms with E-state index in [-0.39, 0.29) is 10.6 Å². The Morgan fingerprint density at radius 3 is 2.45 bits per heavy atom. The Hall–Kier alpha value is -1.93. The highest BCUT2D eigenvalue weighted by Gasteiger charge is 2.31. The minimum atomic E-state index is -3.22. The van der Waals surface area contributed by atoms with Gasteiger partial charge in [-0.2, -0.15) is 0 Å². The van der Waals surface area contributed by atoms with Crippen LogP contribution in [-0.2, 0) is 10.7 Å². The highest BCUT2D eigenvalue weighted by molar-refractivity contribution is 7.72. The molecular formula is C12H11NO5S2. The van der Waals surface area contributed by atoms with Gasteiger partial charge >= 0.3 is 5.37 Å². The van der Waals surface area contributed by atoms with Crippen LogP contribution in [0.4, 0.5) is 0 Å². The van der Waals surface area contributed by atoms with E-state index in [1.807, 2.05) is 19.1 Å². The Morgan fingerprint density at radius 1 is 1.25 bits per heavy atom. The Morgan fingerprint density at radius 2 is 1.90 bits per heavy atom. The van der Waals surface area contributed by atoms with Crippen molar-refractivity contribution >= 4 is 22.0 Å². The van der Waals surface area contributed by atoms with Crippen LogP contribution in [0, 0.1) is 17.0 Å². The SMILES string of the molecule is Cc1ccc(Oc2ccsc2C([N+](=O)[O-])[SH](=O)=O)cc1. The Labute approximate surface area is 120 Å². The summed E-state index contributed by atoms with van der Waals surface area (Å²) in [4.78, 5) is 10.1. The predicted octanol–water partition coefficient (Wildman–Crippen LogP) is 2.74. The van der Waals surface area contributed by atoms with Gasteiger partial charge < -0.3 is 4.74 Å². The summed E-state index contributed by atoms with van der Waals surface area (Å²) < 4.78 is 27.6. The molecule has 1 atom stereocenters. The molecular weight excluding hydrogens is 302 g/mol. The van der Waals surface area contributed by atoms with E-state index in [1.165, 1.54) is 6.07 Å². The van der Waals surface area contributed by atoms with E-state index in [9.17, 15) is 18.5 Å². The van der Waals surface area contributed by atoms with Gasteiger partial charge in [-0.1, -0.05) is 17.7 Å². The third-order valence-electron chi connectivity index (χ3n) is 2.54. The van der Waals surface area contributed by atoms with Crippen molar-refractivity contribution in [2.75, 3.05) is 0 Å². The lowest BCUT2D eigenvalue weighted by Crippen LogP contribution is -2.11. The van der Waals surface area contributed by atoms with Gasteiger partial charge in [0, 0.05) is 4.92 Å². The number of thiophene rings is 1. The van der Waals surface area contributed by atoms with Crippen LogP contribution >= 0.6 is 11.3 Å². The van der Waals surface area contributed by atoms with Crippen molar-refractivity contribution in [2.24, 2.45) is 0 Å². The molecule has 1 unspecified atom stereocenters. The number of hydrogen-bond acceptors (Lipinski definition) is 6. The van der Waals surface area contributed by atoms with Crippen LogP contribution in [0.15, 0.2) is 35.7 Å². The van der Waals surface area contributed by atoms with Gasteiger partial charge in [-0.05, 0) is 30.5 Å². The van der Waals surface area contributed by atoms with E-state index >= 15 is 0 Å². The Bertz CT molecular complexity index is 682. The molecule has 1 aromatic carbocycles. The number of ether oxygens (including phenoxy) is 1. The molecule has 2 rings (SSSR count). The molecule has 0 N–H and O–H groups in total. The first-order chi connectivity index (χ1) is 9.49. The van der Waals surface area contributed by atoms with Crippen molar-refractivity contribution in [1.29, 1.82) is 0 Å². The second-order valence-corrected chi connectivity index (χ2v) is 6.02. The topological polar surface area (TPSA) is 86.5 Å². The Kier molecular flexibility index (Phi) is 4.35. The summed E-state index contributed by atoms with van der Waals surface area (Å²) in [7, 11) is -3.22. The zero-order chi connectivity index (χ0) is 14.7. The molecule has 0 spiro atoms. The standard InChI is InChI=1S/C12H11NO5S2/c1-8-2-4-9(5-3-8)18-10-6-7-19-11(10)12(13(14)15)20(16)17/h2-7,12,20H,1H3. The number of aryl methyl sites for hydroxylation is 1. The van der Waals surface area contributed by atoms with Crippen molar-refractivity contribution in [3.8, 4) is 11.5 Å². The lowest BCUT2D eigenvalue weighted by Gasteiger charge is -2.07. The van der Waals surface area contributed by atoms with E-state index in [2.05, 4.69) is 0 Å². The number of nitrogens with zero attached hydrogens (tertiary/aromatic N) is 1. The van der Waals surface area contributed by atoms with Gasteiger partial charge in [0.25, 0.3) is 0 Å². The maximum atomic E-state index is 11.0. The Balaban J connectivity index is 2.33. The van der Waals surface area contributed by atoms with Gasteiger partial charge in [-0.15, -0.1) is 11.3 Å². The molecule has 0 aliphatic heterocycles. The first-order valence-electron chi connectivity index (χ1n) is 5.58. The van der Waals surface area contributed by atoms with Gasteiger partial charge in [0.15, 0.2) is 0 Å². The summed E-state index contributed by atoms with van der Waals surface area (Å²) >= 11 is 0.986. The zero-order valence-electron chi connectivity index (χ0n) is 10.4. The molecule has 0 radical (unpaired) electrons. The number of rotatable bonds is 5. The molecule has 6 nitrogen and oxygen atoms in total. The largest absolute Gasteiger partial charge is 0.456 e. The monoisotopic (exact) mass is 313 g/mol. The second-order valence-electron chi connectivity index (χ2n) is 4.01. The van der Waals surface area contributed by atoms with Crippen LogP contribution in [0.1, 0.15) is 15.8 Å². The van der Waals surface area contributed by atoms with Crippen molar-refractivity contribution in [1.82, 2.24) is 0 Å². The molecule has 0 aliphatic rings. The molecule has 1 aromatic heterocycles. The van der Waals surface area contributed by atoms with Crippen LogP contribution < -0.4 is 4.74 Å². The van der Waals surface area contributed by atoms with E-state index in [4.69, 9.17) is 4.74 Å². The summed E-state index contributed by atoms with van der Waals surface area (Å²) in [5.41, 5.74) is 1.05. The van der Waals surface area contributed by atoms with E-state index in [1.54, 1.807) is 17.5 Å². The van der Waals surface area contributed by atoms with Crippen LogP contribution in [0.5, 0.6) is 11.5 Å². The average molecular weight is 313 g/mol. The molecule has 1 heterocycles. The van der Waals surface area contributed by atoms with Crippen LogP contribution in [-0.4, -0.2) is 13.3 Å². The van der Waals surface area contributed by atoms with Crippen molar-refractivity contribution in [3.05, 3.63) is 56.3 Å². The summed E-state index contributed by atoms with van der Waals surface area (Å²) in [5.74, 6) is 0.693. The molecule has 0 fully saturated rings. The highest BCUT2D eigenvalue weighted by Crippen LogP contribution is 2.36. The number of thiol groups is 1. The molecule has 0 saturated carbocycles. The lowest BCUT2D eigenvalue weighted by molar-refractivity contribution is -0.501. The fourth-order valence-electron chi connectivity index (χ4n) is 1.58. The van der Waals surface area contributed by atoms with Crippen LogP contribution in [0.25, 0.3) is 0 Å². The van der Waals surface area contributed by atoms with Gasteiger partial charge in [-0.3, -0.25) is 10.1 Å². The normalized spacial score (nSPS) is 12.3. The van der Waals surface area contributed by atoms with E-state index in [0.29, 0.717) is 5.75 Å². The fraction of sp³-hybridized carbons (Fsp3) is 0.167. The average Bonchev–Trinajstić information content (AvgIpc) is 2.79. The molecule has 0 bridgehead atoms. The summed E-state index contributed by atoms with van der Waals surface area (Å²) in [6.07, 6.45) is 0. The van der Waals surface area contributed by atoms with Gasteiger partial charge in [0.2, 0.25) is 10.7 Å². The van der Waals surface area contributed by atoms with Gasteiger partial charge in [0.1, 0.15) is 16.4 Å². The van der Waals surface area contributed by atoms with Crippen molar-refractivity contribution in [2.45, 2.75) is 12.3 Å². The smallest absolute Gasteiger partial charge is 0.345 e. The van der Waals surface area contributed by atoms with E-state index in [0.717, 1.165) is 16.9 Å². The minimum absolute atomic E-state index is 0.0756. The number of benzene rings is 1. The maximum Gasteiger partial charge on any atom is 0.345 e. The highest BCUT2D eigenvalue weighted by atomic mass is 32.2. The van der Waals surface area contributed by atoms with Gasteiger partial charge in [0.05, 0.1) is 0 Å². The quantitative estimate of drug-likeness (QED) is 0.521. The summed E-state index contributed by atoms with van der Waals surface area (Å²) in [6.45, 7) is 1.92. The predicted molar refractivity (Wildman–Crippen MR) is 75.6 cm³/mol. The molecule has 0 amide bonds. The first-order valence-corrected chi connectivity index (χ1v) is 7.70. The molecule has 106 valence electrons. The molecule has 2 aromatic rings. The van der Waals surface area contributed by atoms with Crippen LogP contribution in [0.3, 0.4) is 0 Å². The fourth-order valence-corrected chi connectivity index (χ4v) is 3.27. The van der Waals surface area contributed by atoms with Crippen LogP contribution in [0.2, 0.25) is 0 Å². The van der Waals surface area contributed by atoms with Crippen molar-refractivity contribution in [3.63, 3.8) is 0 Å². The summed E-state index contributed by atoms with van der Waals surface area (Å²) in [6, 6.07) is 8.63. The van der Waals surface area contributed by atoms with Gasteiger partial charge in [-0.25, -0.2) is 8.42 Å². The molecule has 20 heavy (non-hydrogen) atoms. The van der Waals surface area contributed by atoms with Crippen molar-refractivity contribution < 1.29 is 18.1 Å². The first kappa shape index (κ1) is 14.5. The lowest BCUT2D eigenvalue weighted by atomic mass is 10.2. The molecule has 8 heteroatoms. The number of hydrogen-bond donors (Lipinski definition) is 1. The molecule has 0 saturated heterocycles. The van der Waals surface area contributed by atoms with E-state index < -0.39 is 21.0 Å². The zero-order valence-corrected chi connectivity index (χ0v) is 12.1. The number of nitro groups is 1.